The zero-order valence-electron chi connectivity index (χ0n) is 17.8. The maximum absolute atomic E-state index is 13.2. The summed E-state index contributed by atoms with van der Waals surface area (Å²) in [7, 11) is -3.47. The molecule has 0 atom stereocenters. The molecular formula is C22H31N3O3S2. The first-order valence-corrected chi connectivity index (χ1v) is 13.1. The zero-order chi connectivity index (χ0) is 21.6. The Balaban J connectivity index is 1.72. The van der Waals surface area contributed by atoms with Gasteiger partial charge in [-0.25, -0.2) is 8.42 Å². The van der Waals surface area contributed by atoms with Crippen molar-refractivity contribution in [3.63, 3.8) is 0 Å². The van der Waals surface area contributed by atoms with Gasteiger partial charge in [-0.3, -0.25) is 4.79 Å². The summed E-state index contributed by atoms with van der Waals surface area (Å²) >= 11 is 1.62. The van der Waals surface area contributed by atoms with Crippen LogP contribution in [-0.4, -0.2) is 67.4 Å². The highest BCUT2D eigenvalue weighted by atomic mass is 32.2. The number of thiophene rings is 1. The monoisotopic (exact) mass is 449 g/mol. The highest BCUT2D eigenvalue weighted by Crippen LogP contribution is 2.20. The van der Waals surface area contributed by atoms with Gasteiger partial charge in [0.1, 0.15) is 0 Å². The third-order valence-electron chi connectivity index (χ3n) is 5.52. The van der Waals surface area contributed by atoms with Gasteiger partial charge in [0, 0.05) is 24.5 Å². The molecular weight excluding hydrogens is 418 g/mol. The molecule has 0 unspecified atom stereocenters. The van der Waals surface area contributed by atoms with E-state index in [1.807, 2.05) is 48.7 Å². The molecule has 6 nitrogen and oxygen atoms in total. The quantitative estimate of drug-likeness (QED) is 0.560. The Morgan fingerprint density at radius 1 is 1.10 bits per heavy atom. The van der Waals surface area contributed by atoms with Gasteiger partial charge >= 0.3 is 0 Å². The average Bonchev–Trinajstić information content (AvgIpc) is 3.36. The second kappa shape index (κ2) is 10.5. The minimum Gasteiger partial charge on any atom is -0.332 e. The minimum atomic E-state index is -3.47. The molecule has 2 aromatic rings. The molecule has 0 aliphatic carbocycles. The van der Waals surface area contributed by atoms with E-state index in [4.69, 9.17) is 0 Å². The minimum absolute atomic E-state index is 0.121. The summed E-state index contributed by atoms with van der Waals surface area (Å²) in [5, 5.41) is 2.02. The lowest BCUT2D eigenvalue weighted by Crippen LogP contribution is -2.44. The van der Waals surface area contributed by atoms with E-state index in [0.29, 0.717) is 26.2 Å². The van der Waals surface area contributed by atoms with Crippen LogP contribution in [0.25, 0.3) is 0 Å². The fourth-order valence-electron chi connectivity index (χ4n) is 3.65. The molecule has 1 aromatic carbocycles. The van der Waals surface area contributed by atoms with Crippen molar-refractivity contribution in [2.45, 2.75) is 32.9 Å². The molecule has 30 heavy (non-hydrogen) atoms. The largest absolute Gasteiger partial charge is 0.332 e. The van der Waals surface area contributed by atoms with Crippen LogP contribution >= 0.6 is 11.3 Å². The van der Waals surface area contributed by atoms with Crippen LogP contribution in [0.1, 0.15) is 28.8 Å². The predicted molar refractivity (Wildman–Crippen MR) is 122 cm³/mol. The molecule has 1 aliphatic rings. The summed E-state index contributed by atoms with van der Waals surface area (Å²) in [5.41, 5.74) is 2.18. The molecule has 2 heterocycles. The van der Waals surface area contributed by atoms with E-state index in [1.54, 1.807) is 16.2 Å². The molecule has 3 rings (SSSR count). The molecule has 0 radical (unpaired) electrons. The van der Waals surface area contributed by atoms with Crippen molar-refractivity contribution >= 4 is 27.3 Å². The van der Waals surface area contributed by atoms with Crippen molar-refractivity contribution < 1.29 is 13.2 Å². The first-order chi connectivity index (χ1) is 14.3. The normalized spacial score (nSPS) is 15.0. The van der Waals surface area contributed by atoms with Gasteiger partial charge in [0.15, 0.2) is 0 Å². The van der Waals surface area contributed by atoms with Crippen LogP contribution < -0.4 is 0 Å². The van der Waals surface area contributed by atoms with Gasteiger partial charge in [-0.15, -0.1) is 11.3 Å². The number of amides is 1. The number of aryl methyl sites for hydroxylation is 1. The van der Waals surface area contributed by atoms with Crippen LogP contribution in [0.2, 0.25) is 0 Å². The maximum Gasteiger partial charge on any atom is 0.238 e. The molecule has 0 spiro atoms. The van der Waals surface area contributed by atoms with Crippen LogP contribution in [0.4, 0.5) is 0 Å². The van der Waals surface area contributed by atoms with Crippen LogP contribution in [0, 0.1) is 6.92 Å². The zero-order valence-corrected chi connectivity index (χ0v) is 19.4. The van der Waals surface area contributed by atoms with Gasteiger partial charge in [-0.2, -0.15) is 4.31 Å². The Labute approximate surface area is 184 Å². The Bertz CT molecular complexity index is 922. The first kappa shape index (κ1) is 22.9. The number of hydrogen-bond acceptors (Lipinski definition) is 5. The summed E-state index contributed by atoms with van der Waals surface area (Å²) < 4.78 is 26.1. The molecule has 1 aliphatic heterocycles. The number of nitrogens with zero attached hydrogens (tertiary/aromatic N) is 3. The number of likely N-dealkylation sites (tertiary alicyclic amines) is 1. The number of hydrogen-bond donors (Lipinski definition) is 0. The molecule has 1 amide bonds. The fraction of sp³-hybridized carbons (Fsp3) is 0.500. The Hall–Kier alpha value is -1.74. The first-order valence-electron chi connectivity index (χ1n) is 10.3. The SMILES string of the molecule is Cc1ccsc1CN(Cc1ccccc1)C(=O)CN(CCN1CCCC1)S(C)(=O)=O. The lowest BCUT2D eigenvalue weighted by atomic mass is 10.2. The van der Waals surface area contributed by atoms with E-state index in [1.165, 1.54) is 10.6 Å². The number of rotatable bonds is 10. The molecule has 1 aromatic heterocycles. The van der Waals surface area contributed by atoms with E-state index in [0.717, 1.165) is 41.9 Å². The summed E-state index contributed by atoms with van der Waals surface area (Å²) in [6.07, 6.45) is 3.50. The fourth-order valence-corrected chi connectivity index (χ4v) is 5.33. The maximum atomic E-state index is 13.2. The molecule has 0 N–H and O–H groups in total. The van der Waals surface area contributed by atoms with Crippen molar-refractivity contribution in [3.8, 4) is 0 Å². The second-order valence-corrected chi connectivity index (χ2v) is 10.9. The Morgan fingerprint density at radius 3 is 2.40 bits per heavy atom. The van der Waals surface area contributed by atoms with E-state index >= 15 is 0 Å². The van der Waals surface area contributed by atoms with Crippen LogP contribution in [0.5, 0.6) is 0 Å². The highest BCUT2D eigenvalue weighted by molar-refractivity contribution is 7.88. The van der Waals surface area contributed by atoms with E-state index in [9.17, 15) is 13.2 Å². The third kappa shape index (κ3) is 6.63. The van der Waals surface area contributed by atoms with Crippen molar-refractivity contribution in [2.75, 3.05) is 39.0 Å². The van der Waals surface area contributed by atoms with Crippen molar-refractivity contribution in [1.29, 1.82) is 0 Å². The van der Waals surface area contributed by atoms with Crippen molar-refractivity contribution in [2.24, 2.45) is 0 Å². The second-order valence-electron chi connectivity index (χ2n) is 7.91. The lowest BCUT2D eigenvalue weighted by Gasteiger charge is -2.27. The van der Waals surface area contributed by atoms with Crippen molar-refractivity contribution in [3.05, 3.63) is 57.8 Å². The summed E-state index contributed by atoms with van der Waals surface area (Å²) in [4.78, 5) is 18.4. The molecule has 8 heteroatoms. The van der Waals surface area contributed by atoms with Gasteiger partial charge < -0.3 is 9.80 Å². The van der Waals surface area contributed by atoms with Gasteiger partial charge in [0.25, 0.3) is 0 Å². The lowest BCUT2D eigenvalue weighted by molar-refractivity contribution is -0.132. The summed E-state index contributed by atoms with van der Waals surface area (Å²) in [5.74, 6) is -0.168. The van der Waals surface area contributed by atoms with E-state index < -0.39 is 10.0 Å². The topological polar surface area (TPSA) is 60.9 Å². The third-order valence-corrected chi connectivity index (χ3v) is 7.77. The van der Waals surface area contributed by atoms with E-state index in [2.05, 4.69) is 4.90 Å². The smallest absolute Gasteiger partial charge is 0.238 e. The number of sulfonamides is 1. The Kier molecular flexibility index (Phi) is 8.05. The molecule has 0 saturated carbocycles. The summed E-state index contributed by atoms with van der Waals surface area (Å²) in [6, 6.07) is 11.9. The molecule has 1 saturated heterocycles. The van der Waals surface area contributed by atoms with Gasteiger partial charge in [-0.1, -0.05) is 30.3 Å². The molecule has 0 bridgehead atoms. The van der Waals surface area contributed by atoms with Crippen LogP contribution in [0.15, 0.2) is 41.8 Å². The van der Waals surface area contributed by atoms with Crippen molar-refractivity contribution in [1.82, 2.24) is 14.1 Å². The average molecular weight is 450 g/mol. The number of carbonyl (C=O) groups is 1. The number of carbonyl (C=O) groups excluding carboxylic acids is 1. The molecule has 1 fully saturated rings. The standard InChI is InChI=1S/C22H31N3O3S2/c1-19-10-15-29-21(19)17-24(16-20-8-4-3-5-9-20)22(26)18-25(30(2,27)28)14-13-23-11-6-7-12-23/h3-5,8-10,15H,6-7,11-14,16-18H2,1-2H3. The predicted octanol–water partition coefficient (Wildman–Crippen LogP) is 2.94. The van der Waals surface area contributed by atoms with Crippen LogP contribution in [-0.2, 0) is 27.9 Å². The number of benzene rings is 1. The summed E-state index contributed by atoms with van der Waals surface area (Å²) in [6.45, 7) is 5.89. The van der Waals surface area contributed by atoms with Crippen LogP contribution in [0.3, 0.4) is 0 Å². The van der Waals surface area contributed by atoms with Gasteiger partial charge in [0.2, 0.25) is 15.9 Å². The van der Waals surface area contributed by atoms with Gasteiger partial charge in [0.05, 0.1) is 19.3 Å². The van der Waals surface area contributed by atoms with E-state index in [-0.39, 0.29) is 12.5 Å². The highest BCUT2D eigenvalue weighted by Gasteiger charge is 2.25. The molecule has 164 valence electrons. The van der Waals surface area contributed by atoms with Gasteiger partial charge in [-0.05, 0) is 55.4 Å². The Morgan fingerprint density at radius 2 is 1.80 bits per heavy atom.